The average Bonchev–Trinajstić information content (AvgIpc) is 3.46. The minimum atomic E-state index is -0.849. The summed E-state index contributed by atoms with van der Waals surface area (Å²) in [6.07, 6.45) is 5.16. The third-order valence-corrected chi connectivity index (χ3v) is 7.29. The molecule has 2 atom stereocenters. The number of carbonyl (C=O) groups is 3. The highest BCUT2D eigenvalue weighted by Crippen LogP contribution is 2.40. The van der Waals surface area contributed by atoms with Crippen molar-refractivity contribution >= 4 is 17.9 Å². The largest absolute Gasteiger partial charge is 0.497 e. The number of ether oxygens (including phenoxy) is 1. The Hall–Kier alpha value is -4.18. The van der Waals surface area contributed by atoms with Crippen LogP contribution < -0.4 is 15.4 Å². The van der Waals surface area contributed by atoms with Crippen LogP contribution in [-0.4, -0.2) is 64.2 Å². The SMILES string of the molecule is COc1ccc(CCC(=O)NC(=O)N(CCc2cnc[nH]2)C2NCC2(CCCC(=O)O)c2ccccc2)cc1. The van der Waals surface area contributed by atoms with Crippen molar-refractivity contribution in [2.75, 3.05) is 20.2 Å². The van der Waals surface area contributed by atoms with E-state index in [2.05, 4.69) is 20.6 Å². The number of hydrogen-bond acceptors (Lipinski definition) is 6. The number of aromatic nitrogens is 2. The molecule has 0 aliphatic carbocycles. The first kappa shape index (κ1) is 27.8. The van der Waals surface area contributed by atoms with Crippen LogP contribution in [0.5, 0.6) is 5.75 Å². The first-order valence-corrected chi connectivity index (χ1v) is 13.1. The van der Waals surface area contributed by atoms with Gasteiger partial charge in [-0.2, -0.15) is 0 Å². The van der Waals surface area contributed by atoms with Gasteiger partial charge in [0.1, 0.15) is 5.75 Å². The lowest BCUT2D eigenvalue weighted by molar-refractivity contribution is -0.137. The molecule has 0 saturated carbocycles. The van der Waals surface area contributed by atoms with Gasteiger partial charge in [0.05, 0.1) is 19.6 Å². The number of imide groups is 1. The molecule has 1 aliphatic rings. The highest BCUT2D eigenvalue weighted by Gasteiger charge is 2.51. The summed E-state index contributed by atoms with van der Waals surface area (Å²) in [7, 11) is 1.60. The number of methoxy groups -OCH3 is 1. The van der Waals surface area contributed by atoms with E-state index < -0.39 is 23.6 Å². The Kier molecular flexibility index (Phi) is 9.32. The van der Waals surface area contributed by atoms with E-state index >= 15 is 0 Å². The summed E-state index contributed by atoms with van der Waals surface area (Å²) in [4.78, 5) is 46.4. The zero-order valence-electron chi connectivity index (χ0n) is 22.1. The fourth-order valence-electron chi connectivity index (χ4n) is 5.12. The Labute approximate surface area is 227 Å². The number of carboxylic acid groups (broad SMARTS) is 1. The number of rotatable bonds is 13. The quantitative estimate of drug-likeness (QED) is 0.265. The van der Waals surface area contributed by atoms with Gasteiger partial charge >= 0.3 is 12.0 Å². The number of nitrogens with zero attached hydrogens (tertiary/aromatic N) is 2. The molecular weight excluding hydrogens is 498 g/mol. The molecule has 4 rings (SSSR count). The van der Waals surface area contributed by atoms with Gasteiger partial charge in [-0.1, -0.05) is 42.5 Å². The monoisotopic (exact) mass is 533 g/mol. The Bertz CT molecular complexity index is 1230. The molecule has 1 saturated heterocycles. The summed E-state index contributed by atoms with van der Waals surface area (Å²) in [5, 5.41) is 15.2. The first-order valence-electron chi connectivity index (χ1n) is 13.1. The summed E-state index contributed by atoms with van der Waals surface area (Å²) in [5.74, 6) is -0.472. The molecule has 39 heavy (non-hydrogen) atoms. The molecule has 0 spiro atoms. The Morgan fingerprint density at radius 1 is 1.10 bits per heavy atom. The van der Waals surface area contributed by atoms with Gasteiger partial charge in [0.15, 0.2) is 0 Å². The molecule has 1 fully saturated rings. The van der Waals surface area contributed by atoms with Gasteiger partial charge in [-0.25, -0.2) is 9.78 Å². The van der Waals surface area contributed by atoms with Crippen molar-refractivity contribution in [2.45, 2.75) is 50.1 Å². The molecule has 0 bridgehead atoms. The van der Waals surface area contributed by atoms with Crippen LogP contribution in [0.1, 0.15) is 42.5 Å². The number of aliphatic carboxylic acids is 1. The van der Waals surface area contributed by atoms with Crippen LogP contribution in [0.2, 0.25) is 0 Å². The maximum Gasteiger partial charge on any atom is 0.325 e. The van der Waals surface area contributed by atoms with Gasteiger partial charge in [0.2, 0.25) is 5.91 Å². The molecule has 10 nitrogen and oxygen atoms in total. The number of aromatic amines is 1. The van der Waals surface area contributed by atoms with E-state index in [-0.39, 0.29) is 18.7 Å². The van der Waals surface area contributed by atoms with Crippen molar-refractivity contribution in [3.8, 4) is 5.75 Å². The predicted octanol–water partition coefficient (Wildman–Crippen LogP) is 3.25. The number of carboxylic acids is 1. The van der Waals surface area contributed by atoms with Gasteiger partial charge in [-0.15, -0.1) is 0 Å². The number of carbonyl (C=O) groups excluding carboxylic acids is 2. The Balaban J connectivity index is 1.49. The molecule has 1 aliphatic heterocycles. The smallest absolute Gasteiger partial charge is 0.325 e. The van der Waals surface area contributed by atoms with Crippen LogP contribution in [-0.2, 0) is 27.8 Å². The molecule has 1 aromatic heterocycles. The summed E-state index contributed by atoms with van der Waals surface area (Å²) in [6.45, 7) is 0.936. The first-order chi connectivity index (χ1) is 18.9. The van der Waals surface area contributed by atoms with Gasteiger partial charge in [0.25, 0.3) is 0 Å². The summed E-state index contributed by atoms with van der Waals surface area (Å²) in [5.41, 5.74) is 2.39. The fraction of sp³-hybridized carbons (Fsp3) is 0.379. The second-order valence-electron chi connectivity index (χ2n) is 9.77. The number of imidazole rings is 1. The van der Waals surface area contributed by atoms with Crippen molar-refractivity contribution in [1.29, 1.82) is 0 Å². The van der Waals surface area contributed by atoms with E-state index in [0.29, 0.717) is 38.8 Å². The third-order valence-electron chi connectivity index (χ3n) is 7.29. The molecule has 206 valence electrons. The normalized spacial score (nSPS) is 18.1. The Morgan fingerprint density at radius 3 is 2.49 bits per heavy atom. The predicted molar refractivity (Wildman–Crippen MR) is 145 cm³/mol. The van der Waals surface area contributed by atoms with E-state index in [1.165, 1.54) is 0 Å². The van der Waals surface area contributed by atoms with Crippen molar-refractivity contribution < 1.29 is 24.2 Å². The lowest BCUT2D eigenvalue weighted by atomic mass is 9.68. The summed E-state index contributed by atoms with van der Waals surface area (Å²) in [6, 6.07) is 16.8. The van der Waals surface area contributed by atoms with E-state index in [4.69, 9.17) is 4.74 Å². The second-order valence-corrected chi connectivity index (χ2v) is 9.77. The number of aryl methyl sites for hydroxylation is 1. The number of nitrogens with one attached hydrogen (secondary N) is 3. The summed E-state index contributed by atoms with van der Waals surface area (Å²) < 4.78 is 5.18. The van der Waals surface area contributed by atoms with Gasteiger partial charge in [0, 0.05) is 49.7 Å². The lowest BCUT2D eigenvalue weighted by Crippen LogP contribution is -2.74. The van der Waals surface area contributed by atoms with Crippen molar-refractivity contribution in [3.63, 3.8) is 0 Å². The number of hydrogen-bond donors (Lipinski definition) is 4. The fourth-order valence-corrected chi connectivity index (χ4v) is 5.12. The van der Waals surface area contributed by atoms with Crippen molar-refractivity contribution in [1.82, 2.24) is 25.5 Å². The van der Waals surface area contributed by atoms with E-state index in [0.717, 1.165) is 22.6 Å². The highest BCUT2D eigenvalue weighted by atomic mass is 16.5. The molecule has 3 aromatic rings. The van der Waals surface area contributed by atoms with Crippen LogP contribution in [0.4, 0.5) is 4.79 Å². The maximum absolute atomic E-state index is 13.6. The zero-order valence-corrected chi connectivity index (χ0v) is 22.1. The van der Waals surface area contributed by atoms with Crippen molar-refractivity contribution in [3.05, 3.63) is 83.9 Å². The third kappa shape index (κ3) is 7.02. The number of H-pyrrole nitrogens is 1. The minimum absolute atomic E-state index is 0.0471. The average molecular weight is 534 g/mol. The number of amides is 3. The van der Waals surface area contributed by atoms with Crippen LogP contribution in [0.3, 0.4) is 0 Å². The molecule has 0 radical (unpaired) electrons. The molecule has 2 aromatic carbocycles. The molecule has 2 heterocycles. The molecule has 3 amide bonds. The Morgan fingerprint density at radius 2 is 1.87 bits per heavy atom. The topological polar surface area (TPSA) is 137 Å². The summed E-state index contributed by atoms with van der Waals surface area (Å²) >= 11 is 0. The minimum Gasteiger partial charge on any atom is -0.497 e. The van der Waals surface area contributed by atoms with Crippen LogP contribution in [0, 0.1) is 0 Å². The number of urea groups is 1. The van der Waals surface area contributed by atoms with E-state index in [9.17, 15) is 19.5 Å². The highest BCUT2D eigenvalue weighted by molar-refractivity contribution is 5.94. The van der Waals surface area contributed by atoms with E-state index in [1.54, 1.807) is 24.5 Å². The molecule has 10 heteroatoms. The van der Waals surface area contributed by atoms with Gasteiger partial charge < -0.3 is 19.7 Å². The van der Waals surface area contributed by atoms with Crippen LogP contribution in [0.15, 0.2) is 67.1 Å². The lowest BCUT2D eigenvalue weighted by Gasteiger charge is -2.55. The molecule has 4 N–H and O–H groups in total. The van der Waals surface area contributed by atoms with Crippen molar-refractivity contribution in [2.24, 2.45) is 0 Å². The standard InChI is InChI=1S/C29H35N5O5/c1-39-24-12-9-21(10-13-24)11-14-25(35)33-28(38)34(17-15-23-18-30-20-32-23)27-29(19-31-27,16-5-8-26(36)37)22-6-3-2-4-7-22/h2-4,6-7,9-10,12-13,18,20,27,31H,5,8,11,14-17,19H2,1H3,(H,30,32)(H,36,37)(H,33,35,38). The van der Waals surface area contributed by atoms with E-state index in [1.807, 2.05) is 54.6 Å². The van der Waals surface area contributed by atoms with Gasteiger partial charge in [-0.3, -0.25) is 20.2 Å². The van der Waals surface area contributed by atoms with Gasteiger partial charge in [-0.05, 0) is 42.5 Å². The zero-order chi connectivity index (χ0) is 27.7. The molecule has 2 unspecified atom stereocenters. The second kappa shape index (κ2) is 13.1. The maximum atomic E-state index is 13.6. The van der Waals surface area contributed by atoms with Crippen LogP contribution >= 0.6 is 0 Å². The molecular formula is C29H35N5O5. The number of benzene rings is 2. The van der Waals surface area contributed by atoms with Crippen LogP contribution in [0.25, 0.3) is 0 Å².